The minimum atomic E-state index is -2.76. The van der Waals surface area contributed by atoms with E-state index in [1.54, 1.807) is 0 Å². The van der Waals surface area contributed by atoms with E-state index in [1.807, 2.05) is 0 Å². The van der Waals surface area contributed by atoms with E-state index in [4.69, 9.17) is 5.53 Å². The molecule has 0 aliphatic rings. The van der Waals surface area contributed by atoms with E-state index >= 15 is 0 Å². The van der Waals surface area contributed by atoms with Crippen LogP contribution in [-0.4, -0.2) is 18.7 Å². The van der Waals surface area contributed by atoms with Crippen LogP contribution < -0.4 is 0 Å². The van der Waals surface area contributed by atoms with Gasteiger partial charge in [0.1, 0.15) is 0 Å². The normalized spacial score (nSPS) is 20.4. The molecule has 3 unspecified atom stereocenters. The monoisotopic (exact) mass is 333 g/mol. The van der Waals surface area contributed by atoms with Crippen LogP contribution in [0.4, 0.5) is 0 Å². The second-order valence-electron chi connectivity index (χ2n) is 5.00. The Hall–Kier alpha value is 0.109. The predicted octanol–water partition coefficient (Wildman–Crippen LogP) is 5.64. The molecule has 0 heterocycles. The third-order valence-electron chi connectivity index (χ3n) is 4.42. The third-order valence-corrected chi connectivity index (χ3v) is 22.7. The Kier molecular flexibility index (Phi) is 7.49. The van der Waals surface area contributed by atoms with Gasteiger partial charge in [-0.1, -0.05) is 0 Å². The Morgan fingerprint density at radius 2 is 1.25 bits per heavy atom. The molecule has 0 aromatic heterocycles. The van der Waals surface area contributed by atoms with Gasteiger partial charge < -0.3 is 0 Å². The summed E-state index contributed by atoms with van der Waals surface area (Å²) in [5.74, 6) is 0. The van der Waals surface area contributed by atoms with Gasteiger partial charge in [0.05, 0.1) is 0 Å². The van der Waals surface area contributed by atoms with Gasteiger partial charge in [-0.05, 0) is 0 Å². The average Bonchev–Trinajstić information content (AvgIpc) is 2.32. The third kappa shape index (κ3) is 3.07. The van der Waals surface area contributed by atoms with Crippen LogP contribution in [0.1, 0.15) is 60.8 Å². The van der Waals surface area contributed by atoms with Crippen molar-refractivity contribution < 1.29 is 0 Å². The van der Waals surface area contributed by atoms with Gasteiger partial charge in [0.15, 0.2) is 0 Å². The van der Waals surface area contributed by atoms with Crippen LogP contribution in [0.25, 0.3) is 10.4 Å². The molecule has 0 spiro atoms. The standard InChI is InChI=1S/3C4H9.N3.Sn/c3*1-3-4-2;1-3-2;/h3*3H,4H2,1-2H3;;/q;;;-1;+1. The van der Waals surface area contributed by atoms with E-state index in [-0.39, 0.29) is 0 Å². The fraction of sp³-hybridized carbons (Fsp3) is 1.00. The molecule has 3 atom stereocenters. The molecule has 94 valence electrons. The Balaban J connectivity index is 5.46. The van der Waals surface area contributed by atoms with E-state index < -0.39 is 18.7 Å². The molecule has 0 bridgehead atoms. The molecule has 0 saturated heterocycles. The molecule has 0 fully saturated rings. The molecule has 0 aromatic carbocycles. The second kappa shape index (κ2) is 7.44. The summed E-state index contributed by atoms with van der Waals surface area (Å²) in [4.78, 5) is 3.23. The predicted molar refractivity (Wildman–Crippen MR) is 74.0 cm³/mol. The Bertz CT molecular complexity index is 222. The van der Waals surface area contributed by atoms with E-state index in [9.17, 15) is 0 Å². The molecule has 0 amide bonds. The first-order valence-corrected chi connectivity index (χ1v) is 12.8. The molecule has 16 heavy (non-hydrogen) atoms. The van der Waals surface area contributed by atoms with E-state index in [0.29, 0.717) is 11.8 Å². The van der Waals surface area contributed by atoms with E-state index in [1.165, 1.54) is 0 Å². The average molecular weight is 332 g/mol. The summed E-state index contributed by atoms with van der Waals surface area (Å²) < 4.78 is 6.40. The summed E-state index contributed by atoms with van der Waals surface area (Å²) in [5, 5.41) is 0. The van der Waals surface area contributed by atoms with Crippen molar-refractivity contribution in [1.82, 2.24) is 0 Å². The SMILES string of the molecule is CC[CH](C)[Sn]([N]=[N+]=[N-])([CH](C)CC)[CH](C)CC. The maximum atomic E-state index is 8.95. The van der Waals surface area contributed by atoms with Crippen LogP contribution in [0.3, 0.4) is 0 Å². The number of rotatable bonds is 7. The van der Waals surface area contributed by atoms with Gasteiger partial charge in [-0.3, -0.25) is 0 Å². The summed E-state index contributed by atoms with van der Waals surface area (Å²) in [5.41, 5.74) is 8.95. The molecule has 3 nitrogen and oxygen atoms in total. The molecular weight excluding hydrogens is 305 g/mol. The Morgan fingerprint density at radius 1 is 0.938 bits per heavy atom. The van der Waals surface area contributed by atoms with Crippen LogP contribution in [-0.2, 0) is 0 Å². The molecule has 0 aliphatic carbocycles. The molecule has 0 saturated carbocycles. The molecule has 0 aliphatic heterocycles. The number of hydrogen-bond donors (Lipinski definition) is 0. The van der Waals surface area contributed by atoms with Crippen LogP contribution in [0.2, 0.25) is 11.8 Å². The first-order valence-electron chi connectivity index (χ1n) is 6.57. The fourth-order valence-electron chi connectivity index (χ4n) is 2.81. The minimum absolute atomic E-state index is 0.648. The summed E-state index contributed by atoms with van der Waals surface area (Å²) in [6.07, 6.45) is 3.47. The quantitative estimate of drug-likeness (QED) is 0.251. The molecule has 0 N–H and O–H groups in total. The van der Waals surface area contributed by atoms with Crippen molar-refractivity contribution in [3.05, 3.63) is 10.4 Å². The van der Waals surface area contributed by atoms with Crippen LogP contribution in [0.5, 0.6) is 0 Å². The second-order valence-corrected chi connectivity index (χ2v) is 19.1. The Labute approximate surface area is 105 Å². The van der Waals surface area contributed by atoms with Gasteiger partial charge in [-0.15, -0.1) is 0 Å². The topological polar surface area (TPSA) is 48.8 Å². The van der Waals surface area contributed by atoms with Gasteiger partial charge in [0.2, 0.25) is 0 Å². The van der Waals surface area contributed by atoms with Gasteiger partial charge in [-0.2, -0.15) is 0 Å². The van der Waals surface area contributed by atoms with Gasteiger partial charge >= 0.3 is 105 Å². The molecule has 4 heteroatoms. The first-order chi connectivity index (χ1) is 7.50. The molecule has 0 aromatic rings. The van der Waals surface area contributed by atoms with E-state index in [0.717, 1.165) is 19.3 Å². The van der Waals surface area contributed by atoms with Crippen molar-refractivity contribution in [1.29, 1.82) is 0 Å². The van der Waals surface area contributed by atoms with Crippen molar-refractivity contribution in [3.63, 3.8) is 0 Å². The zero-order chi connectivity index (χ0) is 12.8. The summed E-state index contributed by atoms with van der Waals surface area (Å²) in [6, 6.07) is 0. The maximum absolute atomic E-state index is 8.95. The number of nitrogens with zero attached hydrogens (tertiary/aromatic N) is 3. The fourth-order valence-corrected chi connectivity index (χ4v) is 18.9. The zero-order valence-electron chi connectivity index (χ0n) is 11.7. The molecular formula is C12H27N3Sn. The van der Waals surface area contributed by atoms with Crippen LogP contribution >= 0.6 is 0 Å². The first kappa shape index (κ1) is 16.1. The van der Waals surface area contributed by atoms with Crippen LogP contribution in [0.15, 0.2) is 3.34 Å². The van der Waals surface area contributed by atoms with Gasteiger partial charge in [0.25, 0.3) is 0 Å². The van der Waals surface area contributed by atoms with Crippen molar-refractivity contribution in [2.24, 2.45) is 3.34 Å². The molecule has 0 rings (SSSR count). The van der Waals surface area contributed by atoms with Crippen molar-refractivity contribution >= 4 is 18.7 Å². The number of azide groups is 1. The van der Waals surface area contributed by atoms with Crippen molar-refractivity contribution in [2.45, 2.75) is 72.6 Å². The summed E-state index contributed by atoms with van der Waals surface area (Å²) in [6.45, 7) is 13.6. The van der Waals surface area contributed by atoms with Crippen molar-refractivity contribution in [2.75, 3.05) is 0 Å². The molecule has 0 radical (unpaired) electrons. The zero-order valence-corrected chi connectivity index (χ0v) is 14.5. The summed E-state index contributed by atoms with van der Waals surface area (Å²) in [7, 11) is 0. The van der Waals surface area contributed by atoms with Crippen LogP contribution in [0, 0.1) is 0 Å². The summed E-state index contributed by atoms with van der Waals surface area (Å²) >= 11 is -2.76. The van der Waals surface area contributed by atoms with Gasteiger partial charge in [-0.25, -0.2) is 0 Å². The van der Waals surface area contributed by atoms with E-state index in [2.05, 4.69) is 49.8 Å². The number of hydrogen-bond acceptors (Lipinski definition) is 1. The Morgan fingerprint density at radius 3 is 1.44 bits per heavy atom. The van der Waals surface area contributed by atoms with Gasteiger partial charge in [0, 0.05) is 0 Å². The van der Waals surface area contributed by atoms with Crippen molar-refractivity contribution in [3.8, 4) is 0 Å².